The summed E-state index contributed by atoms with van der Waals surface area (Å²) in [5, 5.41) is 63.5. The third-order valence-electron chi connectivity index (χ3n) is 28.2. The molecule has 133 heavy (non-hydrogen) atoms. The Balaban J connectivity index is 0.000000136. The van der Waals surface area contributed by atoms with Gasteiger partial charge >= 0.3 is 0 Å². The average Bonchev–Trinajstić information content (AvgIpc) is 1.66. The van der Waals surface area contributed by atoms with Gasteiger partial charge in [0.1, 0.15) is 69.1 Å². The fraction of sp³-hybridized carbons (Fsp3) is 0.505. The molecule has 714 valence electrons. The zero-order valence-corrected chi connectivity index (χ0v) is 79.3. The van der Waals surface area contributed by atoms with Crippen LogP contribution >= 0.6 is 0 Å². The van der Waals surface area contributed by atoms with Crippen LogP contribution in [0.2, 0.25) is 0 Å². The van der Waals surface area contributed by atoms with Gasteiger partial charge in [-0.1, -0.05) is 50.2 Å². The van der Waals surface area contributed by atoms with Crippen LogP contribution in [0.5, 0.6) is 34.5 Å². The van der Waals surface area contributed by atoms with Crippen LogP contribution in [0, 0.1) is 73.0 Å². The van der Waals surface area contributed by atoms with E-state index in [0.717, 1.165) is 216 Å². The molecule has 0 bridgehead atoms. The Morgan fingerprint density at radius 2 is 0.526 bits per heavy atom. The van der Waals surface area contributed by atoms with Gasteiger partial charge < -0.3 is 87.5 Å². The normalized spacial score (nSPS) is 23.5. The van der Waals surface area contributed by atoms with Crippen molar-refractivity contribution in [2.45, 2.75) is 174 Å². The second kappa shape index (κ2) is 46.4. The van der Waals surface area contributed by atoms with Crippen molar-refractivity contribution in [3.05, 3.63) is 211 Å². The molecule has 0 amide bonds. The van der Waals surface area contributed by atoms with Gasteiger partial charge in [0, 0.05) is 141 Å². The second-order valence-corrected chi connectivity index (χ2v) is 37.2. The fourth-order valence-corrected chi connectivity index (χ4v) is 20.4. The summed E-state index contributed by atoms with van der Waals surface area (Å²) in [7, 11) is 12.8. The molecule has 0 radical (unpaired) electrons. The lowest BCUT2D eigenvalue weighted by atomic mass is 9.88. The molecule has 4 aliphatic heterocycles. The predicted molar refractivity (Wildman–Crippen MR) is 509 cm³/mol. The van der Waals surface area contributed by atoms with E-state index >= 15 is 0 Å². The smallest absolute Gasteiger partial charge is 0.167 e. The van der Waals surface area contributed by atoms with Crippen LogP contribution < -0.4 is 28.4 Å². The number of carbonyl (C=O) groups excluding carboxylic acids is 6. The number of Topliss-reactive ketones (excluding diaryl/α,β-unsaturated/α-hetero) is 6. The van der Waals surface area contributed by atoms with Gasteiger partial charge in [0.05, 0.1) is 89.3 Å². The van der Waals surface area contributed by atoms with Crippen molar-refractivity contribution >= 4 is 68.1 Å². The molecule has 8 aliphatic carbocycles. The largest absolute Gasteiger partial charge is 0.511 e. The zero-order valence-electron chi connectivity index (χ0n) is 79.3. The molecule has 6 aromatic carbocycles. The third kappa shape index (κ3) is 23.9. The Morgan fingerprint density at radius 1 is 0.286 bits per heavy atom. The molecular weight excluding hydrogens is 1690 g/mol. The number of hydrogen-bond acceptors (Lipinski definition) is 24. The Kier molecular flexibility index (Phi) is 34.7. The molecule has 4 saturated heterocycles. The first kappa shape index (κ1) is 99.6. The number of ketones is 6. The van der Waals surface area contributed by atoms with E-state index in [9.17, 15) is 59.4 Å². The molecule has 6 fully saturated rings. The first-order valence-electron chi connectivity index (χ1n) is 47.4. The number of aryl methyl sites for hydroxylation is 4. The molecule has 12 aliphatic rings. The van der Waals surface area contributed by atoms with Crippen LogP contribution in [0.4, 0.5) is 0 Å². The van der Waals surface area contributed by atoms with Crippen molar-refractivity contribution in [1.82, 2.24) is 0 Å². The molecule has 9 unspecified atom stereocenters. The van der Waals surface area contributed by atoms with Crippen LogP contribution in [0.3, 0.4) is 0 Å². The van der Waals surface area contributed by atoms with Gasteiger partial charge in [-0.05, 0) is 285 Å². The first-order valence-corrected chi connectivity index (χ1v) is 47.4. The number of carbonyl (C=O) groups is 6. The average molecular weight is 1830 g/mol. The molecule has 9 atom stereocenters. The molecule has 18 rings (SSSR count). The van der Waals surface area contributed by atoms with Gasteiger partial charge in [-0.3, -0.25) is 28.8 Å². The highest BCUT2D eigenvalue weighted by Gasteiger charge is 2.44. The molecule has 0 aromatic heterocycles. The fourth-order valence-electron chi connectivity index (χ4n) is 20.4. The van der Waals surface area contributed by atoms with Crippen LogP contribution in [0.25, 0.3) is 33.4 Å². The quantitative estimate of drug-likeness (QED) is 0.0266. The zero-order chi connectivity index (χ0) is 94.8. The van der Waals surface area contributed by atoms with Gasteiger partial charge in [-0.2, -0.15) is 0 Å². The maximum atomic E-state index is 12.7. The lowest BCUT2D eigenvalue weighted by molar-refractivity contribution is -0.114. The van der Waals surface area contributed by atoms with E-state index in [1.165, 1.54) is 5.56 Å². The van der Waals surface area contributed by atoms with Crippen LogP contribution in [0.15, 0.2) is 144 Å². The third-order valence-corrected chi connectivity index (χ3v) is 28.2. The van der Waals surface area contributed by atoms with Crippen LogP contribution in [-0.2, 0) is 70.0 Å². The van der Waals surface area contributed by atoms with Gasteiger partial charge in [0.25, 0.3) is 0 Å². The highest BCUT2D eigenvalue weighted by atomic mass is 16.5. The Bertz CT molecular complexity index is 5390. The molecule has 0 spiro atoms. The van der Waals surface area contributed by atoms with E-state index in [2.05, 4.69) is 13.0 Å². The monoisotopic (exact) mass is 1830 g/mol. The standard InChI is InChI=1S/C20H24O4.2C19H24O4.C18H22O4.C17H20O4.C16H20O4/c1-23-15-4-5-16(13-2-3-13)17(10-15)19-18(21)9-14(20(19)22)8-12-6-7-24-11-12;1-12-3-4-15(22-2)11-16(12)18-17(20)10-14(19(18)21)9-13-5-7-23-8-6-13;1-3-13-4-5-15(22-2)10-16(13)18-17(20)9-14(19(18)21)8-12-6-7-23-11-12;1-11-3-4-14(21-2)9-15(11)17-16(19)8-13(18(17)20)7-12-5-6-22-10-12;1-20-9-11-7-15(18)16(17(11)19)14-8-12(21-2)5-6-13(14)10-3-4-10;1-4-10-5-6-12(20-3)8-13(10)15-14(17)7-11(9-19-2)16(15)18/h4-5,10,12-14,22H,2-3,6-9,11H2,1H3;3-4,11,13-14,21H,5-10H2,1-2H3;4-5,10,12,14,21H,3,6-9,11H2,1-2H3;3-4,9,12-13,20H,5-8,10H2,1-2H3;5-6,8,10-11,19H,3-4,7,9H2,1-2H3;5-6,8,11,18H,4,7,9H2,1-3H3. The first-order chi connectivity index (χ1) is 64.3. The van der Waals surface area contributed by atoms with Crippen molar-refractivity contribution < 1.29 is 116 Å². The predicted octanol–water partition coefficient (Wildman–Crippen LogP) is 20.2. The van der Waals surface area contributed by atoms with Gasteiger partial charge in [-0.25, -0.2) is 0 Å². The summed E-state index contributed by atoms with van der Waals surface area (Å²) in [6, 6.07) is 34.3. The van der Waals surface area contributed by atoms with Crippen molar-refractivity contribution in [1.29, 1.82) is 0 Å². The van der Waals surface area contributed by atoms with E-state index in [-0.39, 0.29) is 105 Å². The second-order valence-electron chi connectivity index (χ2n) is 37.2. The summed E-state index contributed by atoms with van der Waals surface area (Å²) in [6.07, 6.45) is 16.9. The van der Waals surface area contributed by atoms with Gasteiger partial charge in [0.2, 0.25) is 0 Å². The maximum absolute atomic E-state index is 12.7. The van der Waals surface area contributed by atoms with Gasteiger partial charge in [0.15, 0.2) is 34.7 Å². The minimum atomic E-state index is -0.238. The number of benzene rings is 6. The van der Waals surface area contributed by atoms with E-state index in [0.29, 0.717) is 149 Å². The van der Waals surface area contributed by atoms with Gasteiger partial charge in [-0.15, -0.1) is 0 Å². The van der Waals surface area contributed by atoms with E-state index in [1.807, 2.05) is 124 Å². The highest BCUT2D eigenvalue weighted by Crippen LogP contribution is 2.51. The number of hydrogen-bond donors (Lipinski definition) is 6. The summed E-state index contributed by atoms with van der Waals surface area (Å²) in [5.41, 5.74) is 14.1. The maximum Gasteiger partial charge on any atom is 0.167 e. The number of allylic oxidation sites excluding steroid dienone is 10. The number of rotatable bonds is 28. The topological polar surface area (TPSA) is 335 Å². The summed E-state index contributed by atoms with van der Waals surface area (Å²) >= 11 is 0. The van der Waals surface area contributed by atoms with Crippen LogP contribution in [-0.4, -0.2) is 188 Å². The summed E-state index contributed by atoms with van der Waals surface area (Å²) in [5.74, 6) is 7.88. The van der Waals surface area contributed by atoms with Crippen molar-refractivity contribution in [3.63, 3.8) is 0 Å². The van der Waals surface area contributed by atoms with Crippen molar-refractivity contribution in [2.24, 2.45) is 59.2 Å². The SMILES string of the molecule is CCc1ccc(OC)cc1C1=C(O)C(CC2CCOC2)CC1=O.CCc1ccc(OC)cc1C1=C(O)C(COC)CC1=O.COCC1CC(=O)C(c2cc(OC)ccc2C2CC2)=C1O.COc1ccc(C)c(C2=C(O)C(CC3CCOC3)CC2=O)c1.COc1ccc(C)c(C2=C(O)C(CC3CCOCC3)CC2=O)c1.COc1ccc(C2CC2)c(C2=C(O)C(CC3CCOC3)CC2=O)c1. The lowest BCUT2D eigenvalue weighted by Crippen LogP contribution is -2.19. The summed E-state index contributed by atoms with van der Waals surface area (Å²) in [6.45, 7) is 14.9. The molecule has 6 N–H and O–H groups in total. The molecule has 24 heteroatoms. The number of aliphatic hydroxyl groups is 6. The van der Waals surface area contributed by atoms with Crippen LogP contribution in [0.1, 0.15) is 214 Å². The number of methoxy groups -OCH3 is 8. The Labute approximate surface area is 781 Å². The highest BCUT2D eigenvalue weighted by molar-refractivity contribution is 6.27. The Morgan fingerprint density at radius 3 is 0.805 bits per heavy atom. The molecular formula is C109H134O24. The summed E-state index contributed by atoms with van der Waals surface area (Å²) < 4.78 is 63.4. The minimum absolute atomic E-state index is 0.00953. The number of aliphatic hydroxyl groups excluding tert-OH is 6. The Hall–Kier alpha value is -10.9. The molecule has 4 heterocycles. The van der Waals surface area contributed by atoms with Crippen molar-refractivity contribution in [3.8, 4) is 34.5 Å². The molecule has 24 nitrogen and oxygen atoms in total. The molecule has 2 saturated carbocycles. The minimum Gasteiger partial charge on any atom is -0.511 e. The molecule has 6 aromatic rings. The number of ether oxygens (including phenoxy) is 12. The lowest BCUT2D eigenvalue weighted by Gasteiger charge is -2.24. The van der Waals surface area contributed by atoms with E-state index in [4.69, 9.17) is 56.8 Å². The van der Waals surface area contributed by atoms with Crippen molar-refractivity contribution in [2.75, 3.05) is 123 Å². The summed E-state index contributed by atoms with van der Waals surface area (Å²) in [4.78, 5) is 74.7. The van der Waals surface area contributed by atoms with E-state index < -0.39 is 0 Å². The van der Waals surface area contributed by atoms with E-state index in [1.54, 1.807) is 56.9 Å².